The maximum atomic E-state index is 11.4. The van der Waals surface area contributed by atoms with Crippen LogP contribution in [-0.4, -0.2) is 42.5 Å². The molecule has 0 saturated carbocycles. The quantitative estimate of drug-likeness (QED) is 0.728. The first-order chi connectivity index (χ1) is 8.06. The van der Waals surface area contributed by atoms with Crippen molar-refractivity contribution in [2.24, 2.45) is 11.7 Å². The van der Waals surface area contributed by atoms with E-state index in [2.05, 4.69) is 31.0 Å². The zero-order chi connectivity index (χ0) is 12.8. The van der Waals surface area contributed by atoms with Gasteiger partial charge in [-0.1, -0.05) is 13.8 Å². The molecule has 0 spiro atoms. The van der Waals surface area contributed by atoms with Gasteiger partial charge in [-0.2, -0.15) is 0 Å². The molecule has 0 bridgehead atoms. The summed E-state index contributed by atoms with van der Waals surface area (Å²) < 4.78 is 0. The highest BCUT2D eigenvalue weighted by molar-refractivity contribution is 5.80. The van der Waals surface area contributed by atoms with E-state index in [0.29, 0.717) is 12.0 Å². The molecule has 4 nitrogen and oxygen atoms in total. The van der Waals surface area contributed by atoms with Crippen molar-refractivity contribution in [3.63, 3.8) is 0 Å². The van der Waals surface area contributed by atoms with E-state index in [4.69, 9.17) is 5.73 Å². The minimum Gasteiger partial charge on any atom is -0.368 e. The van der Waals surface area contributed by atoms with E-state index in [1.807, 2.05) is 0 Å². The monoisotopic (exact) mass is 241 g/mol. The summed E-state index contributed by atoms with van der Waals surface area (Å²) in [5.74, 6) is 0.479. The summed E-state index contributed by atoms with van der Waals surface area (Å²) in [6, 6.07) is 0.344. The molecule has 3 unspecified atom stereocenters. The molecule has 3 atom stereocenters. The number of hydrogen-bond donors (Lipinski definition) is 2. The summed E-state index contributed by atoms with van der Waals surface area (Å²) >= 11 is 0. The van der Waals surface area contributed by atoms with Crippen LogP contribution in [0.5, 0.6) is 0 Å². The molecule has 0 radical (unpaired) electrons. The van der Waals surface area contributed by atoms with Gasteiger partial charge < -0.3 is 11.1 Å². The molecule has 1 aliphatic heterocycles. The van der Waals surface area contributed by atoms with E-state index in [1.54, 1.807) is 0 Å². The maximum Gasteiger partial charge on any atom is 0.235 e. The first kappa shape index (κ1) is 14.5. The number of carbonyl (C=O) groups excluding carboxylic acids is 1. The zero-order valence-electron chi connectivity index (χ0n) is 11.4. The molecule has 17 heavy (non-hydrogen) atoms. The van der Waals surface area contributed by atoms with Crippen LogP contribution in [0.25, 0.3) is 0 Å². The van der Waals surface area contributed by atoms with Crippen LogP contribution in [0.4, 0.5) is 0 Å². The van der Waals surface area contributed by atoms with Gasteiger partial charge in [0.05, 0.1) is 6.04 Å². The molecule has 1 heterocycles. The van der Waals surface area contributed by atoms with Gasteiger partial charge in [-0.05, 0) is 45.2 Å². The molecule has 100 valence electrons. The Morgan fingerprint density at radius 3 is 2.82 bits per heavy atom. The molecule has 1 fully saturated rings. The Balaban J connectivity index is 2.50. The van der Waals surface area contributed by atoms with Crippen molar-refractivity contribution in [3.8, 4) is 0 Å². The van der Waals surface area contributed by atoms with E-state index in [1.165, 1.54) is 12.8 Å². The highest BCUT2D eigenvalue weighted by atomic mass is 16.1. The molecular weight excluding hydrogens is 214 g/mol. The normalized spacial score (nSPS) is 27.9. The maximum absolute atomic E-state index is 11.4. The van der Waals surface area contributed by atoms with E-state index in [0.717, 1.165) is 26.1 Å². The first-order valence-corrected chi connectivity index (χ1v) is 6.83. The third-order valence-corrected chi connectivity index (χ3v) is 3.91. The van der Waals surface area contributed by atoms with Crippen LogP contribution in [0, 0.1) is 5.92 Å². The number of piperidine rings is 1. The largest absolute Gasteiger partial charge is 0.368 e. The Kier molecular flexibility index (Phi) is 5.92. The van der Waals surface area contributed by atoms with Gasteiger partial charge in [0, 0.05) is 12.6 Å². The Bertz CT molecular complexity index is 245. The van der Waals surface area contributed by atoms with E-state index >= 15 is 0 Å². The second-order valence-corrected chi connectivity index (χ2v) is 5.26. The van der Waals surface area contributed by atoms with Gasteiger partial charge in [-0.3, -0.25) is 9.69 Å². The summed E-state index contributed by atoms with van der Waals surface area (Å²) in [4.78, 5) is 13.8. The molecule has 1 saturated heterocycles. The fourth-order valence-electron chi connectivity index (χ4n) is 2.49. The van der Waals surface area contributed by atoms with Crippen LogP contribution in [0.3, 0.4) is 0 Å². The van der Waals surface area contributed by atoms with Gasteiger partial charge in [0.1, 0.15) is 0 Å². The van der Waals surface area contributed by atoms with Crippen molar-refractivity contribution in [1.82, 2.24) is 10.2 Å². The minimum atomic E-state index is -0.233. The highest BCUT2D eigenvalue weighted by Gasteiger charge is 2.27. The standard InChI is InChI=1S/C13H27N3O/c1-4-7-15-12(13(14)17)9-16-8-5-6-10(2)11(16)3/h10-12,15H,4-9H2,1-3H3,(H2,14,17). The fourth-order valence-corrected chi connectivity index (χ4v) is 2.49. The molecule has 1 aliphatic rings. The van der Waals surface area contributed by atoms with Crippen molar-refractivity contribution >= 4 is 5.91 Å². The summed E-state index contributed by atoms with van der Waals surface area (Å²) in [7, 11) is 0. The van der Waals surface area contributed by atoms with Crippen LogP contribution >= 0.6 is 0 Å². The summed E-state index contributed by atoms with van der Waals surface area (Å²) in [6.07, 6.45) is 3.54. The van der Waals surface area contributed by atoms with Crippen molar-refractivity contribution in [1.29, 1.82) is 0 Å². The lowest BCUT2D eigenvalue weighted by atomic mass is 9.91. The summed E-state index contributed by atoms with van der Waals surface area (Å²) in [5.41, 5.74) is 5.45. The predicted octanol–water partition coefficient (Wildman–Crippen LogP) is 0.960. The van der Waals surface area contributed by atoms with Crippen LogP contribution in [0.15, 0.2) is 0 Å². The second kappa shape index (κ2) is 6.97. The average molecular weight is 241 g/mol. The van der Waals surface area contributed by atoms with Gasteiger partial charge >= 0.3 is 0 Å². The average Bonchev–Trinajstić information content (AvgIpc) is 2.29. The number of amides is 1. The van der Waals surface area contributed by atoms with E-state index in [-0.39, 0.29) is 11.9 Å². The minimum absolute atomic E-state index is 0.206. The number of nitrogens with zero attached hydrogens (tertiary/aromatic N) is 1. The molecular formula is C13H27N3O. The van der Waals surface area contributed by atoms with E-state index in [9.17, 15) is 4.79 Å². The number of likely N-dealkylation sites (tertiary alicyclic amines) is 1. The SMILES string of the molecule is CCCNC(CN1CCCC(C)C1C)C(N)=O. The molecule has 1 amide bonds. The number of rotatable bonds is 6. The van der Waals surface area contributed by atoms with Gasteiger partial charge in [-0.25, -0.2) is 0 Å². The van der Waals surface area contributed by atoms with Crippen molar-refractivity contribution in [2.45, 2.75) is 52.1 Å². The number of nitrogens with two attached hydrogens (primary N) is 1. The van der Waals surface area contributed by atoms with Crippen LogP contribution in [-0.2, 0) is 4.79 Å². The molecule has 1 rings (SSSR count). The summed E-state index contributed by atoms with van der Waals surface area (Å²) in [5, 5.41) is 3.24. The van der Waals surface area contributed by atoms with Crippen LogP contribution < -0.4 is 11.1 Å². The smallest absolute Gasteiger partial charge is 0.235 e. The van der Waals surface area contributed by atoms with Gasteiger partial charge in [0.25, 0.3) is 0 Å². The number of hydrogen-bond acceptors (Lipinski definition) is 3. The topological polar surface area (TPSA) is 58.4 Å². The lowest BCUT2D eigenvalue weighted by Crippen LogP contribution is -2.53. The Morgan fingerprint density at radius 2 is 2.24 bits per heavy atom. The van der Waals surface area contributed by atoms with Crippen molar-refractivity contribution in [2.75, 3.05) is 19.6 Å². The van der Waals surface area contributed by atoms with Gasteiger partial charge in [-0.15, -0.1) is 0 Å². The Hall–Kier alpha value is -0.610. The van der Waals surface area contributed by atoms with Crippen LogP contribution in [0.1, 0.15) is 40.0 Å². The first-order valence-electron chi connectivity index (χ1n) is 6.83. The Labute approximate surface area is 105 Å². The summed E-state index contributed by atoms with van der Waals surface area (Å²) in [6.45, 7) is 9.32. The van der Waals surface area contributed by atoms with E-state index < -0.39 is 0 Å². The lowest BCUT2D eigenvalue weighted by Gasteiger charge is -2.39. The molecule has 4 heteroatoms. The number of carbonyl (C=O) groups is 1. The molecule has 3 N–H and O–H groups in total. The lowest BCUT2D eigenvalue weighted by molar-refractivity contribution is -0.120. The fraction of sp³-hybridized carbons (Fsp3) is 0.923. The Morgan fingerprint density at radius 1 is 1.53 bits per heavy atom. The highest BCUT2D eigenvalue weighted by Crippen LogP contribution is 2.22. The van der Waals surface area contributed by atoms with Crippen molar-refractivity contribution < 1.29 is 4.79 Å². The molecule has 0 aromatic heterocycles. The number of nitrogens with one attached hydrogen (secondary N) is 1. The molecule has 0 aromatic carbocycles. The molecule has 0 aliphatic carbocycles. The van der Waals surface area contributed by atoms with Crippen molar-refractivity contribution in [3.05, 3.63) is 0 Å². The predicted molar refractivity (Wildman–Crippen MR) is 70.7 cm³/mol. The number of primary amides is 1. The van der Waals surface area contributed by atoms with Gasteiger partial charge in [0.15, 0.2) is 0 Å². The molecule has 0 aromatic rings. The van der Waals surface area contributed by atoms with Gasteiger partial charge in [0.2, 0.25) is 5.91 Å². The second-order valence-electron chi connectivity index (χ2n) is 5.26. The third kappa shape index (κ3) is 4.28. The third-order valence-electron chi connectivity index (χ3n) is 3.91. The van der Waals surface area contributed by atoms with Crippen LogP contribution in [0.2, 0.25) is 0 Å². The zero-order valence-corrected chi connectivity index (χ0v) is 11.4.